The minimum atomic E-state index is -0.683. The maximum Gasteiger partial charge on any atom is 0.338 e. The van der Waals surface area contributed by atoms with Crippen molar-refractivity contribution in [3.05, 3.63) is 101 Å². The minimum Gasteiger partial charge on any atom is -0.454 e. The lowest BCUT2D eigenvalue weighted by molar-refractivity contribution is -0.123. The van der Waals surface area contributed by atoms with Gasteiger partial charge in [0, 0.05) is 5.56 Å². The molecular formula is C31H29ClN2O5. The highest BCUT2D eigenvalue weighted by atomic mass is 35.5. The molecule has 2 amide bonds. The van der Waals surface area contributed by atoms with Crippen LogP contribution in [-0.4, -0.2) is 54.2 Å². The fourth-order valence-electron chi connectivity index (χ4n) is 5.31. The minimum absolute atomic E-state index is 0.149. The van der Waals surface area contributed by atoms with Crippen LogP contribution >= 0.6 is 11.6 Å². The summed E-state index contributed by atoms with van der Waals surface area (Å²) in [7, 11) is 0. The van der Waals surface area contributed by atoms with Crippen molar-refractivity contribution in [2.45, 2.75) is 31.7 Å². The molecule has 3 aromatic rings. The first-order chi connectivity index (χ1) is 18.9. The molecule has 39 heavy (non-hydrogen) atoms. The predicted octanol–water partition coefficient (Wildman–Crippen LogP) is 4.97. The van der Waals surface area contributed by atoms with Gasteiger partial charge in [0.25, 0.3) is 5.91 Å². The van der Waals surface area contributed by atoms with E-state index in [-0.39, 0.29) is 34.4 Å². The summed E-state index contributed by atoms with van der Waals surface area (Å²) < 4.78 is 5.15. The number of nitrogens with zero attached hydrogens (tertiary/aromatic N) is 2. The molecule has 0 N–H and O–H groups in total. The van der Waals surface area contributed by atoms with Crippen molar-refractivity contribution in [3.8, 4) is 0 Å². The summed E-state index contributed by atoms with van der Waals surface area (Å²) in [6.07, 6.45) is 3.16. The number of ether oxygens (including phenoxy) is 1. The number of likely N-dealkylation sites (tertiary alicyclic amines) is 1. The molecule has 0 aromatic heterocycles. The monoisotopic (exact) mass is 544 g/mol. The van der Waals surface area contributed by atoms with E-state index in [2.05, 4.69) is 29.2 Å². The predicted molar refractivity (Wildman–Crippen MR) is 148 cm³/mol. The van der Waals surface area contributed by atoms with Crippen LogP contribution in [-0.2, 0) is 20.7 Å². The topological polar surface area (TPSA) is 84.0 Å². The Morgan fingerprint density at radius 2 is 1.54 bits per heavy atom. The molecule has 2 saturated heterocycles. The van der Waals surface area contributed by atoms with E-state index in [1.807, 2.05) is 6.07 Å². The lowest BCUT2D eigenvalue weighted by Gasteiger charge is -2.34. The van der Waals surface area contributed by atoms with Gasteiger partial charge in [0.15, 0.2) is 6.61 Å². The van der Waals surface area contributed by atoms with Crippen molar-refractivity contribution in [1.29, 1.82) is 0 Å². The molecule has 0 radical (unpaired) electrons. The van der Waals surface area contributed by atoms with Crippen molar-refractivity contribution >= 4 is 40.9 Å². The fourth-order valence-corrected chi connectivity index (χ4v) is 5.56. The summed E-state index contributed by atoms with van der Waals surface area (Å²) >= 11 is 6.03. The van der Waals surface area contributed by atoms with Crippen LogP contribution in [0.4, 0.5) is 5.69 Å². The van der Waals surface area contributed by atoms with Crippen molar-refractivity contribution in [1.82, 2.24) is 4.90 Å². The number of carbonyl (C=O) groups excluding carboxylic acids is 4. The number of anilines is 1. The van der Waals surface area contributed by atoms with Crippen LogP contribution in [0.25, 0.3) is 0 Å². The second-order valence-electron chi connectivity index (χ2n) is 9.98. The standard InChI is InChI=1S/C31H29ClN2O5/c32-26-9-5-4-8-25(26)28(35)20-39-31(38)23-10-12-24(13-11-23)34-29(36)19-27(30(34)37)33-16-14-22(15-17-33)18-21-6-2-1-3-7-21/h1-13,22,27H,14-20H2. The number of imide groups is 1. The van der Waals surface area contributed by atoms with E-state index in [0.29, 0.717) is 11.6 Å². The third-order valence-corrected chi connectivity index (χ3v) is 7.78. The molecule has 200 valence electrons. The molecule has 0 saturated carbocycles. The summed E-state index contributed by atoms with van der Waals surface area (Å²) in [5.74, 6) is -1.01. The maximum absolute atomic E-state index is 13.3. The third-order valence-electron chi connectivity index (χ3n) is 7.45. The molecule has 1 atom stereocenters. The first kappa shape index (κ1) is 26.8. The van der Waals surface area contributed by atoms with E-state index < -0.39 is 24.4 Å². The van der Waals surface area contributed by atoms with Gasteiger partial charge in [-0.05, 0) is 80.2 Å². The number of halogens is 1. The Balaban J connectivity index is 1.15. The molecule has 7 nitrogen and oxygen atoms in total. The van der Waals surface area contributed by atoms with Crippen LogP contribution in [0.1, 0.15) is 45.5 Å². The number of hydrogen-bond acceptors (Lipinski definition) is 6. The summed E-state index contributed by atoms with van der Waals surface area (Å²) in [5.41, 5.74) is 2.23. The van der Waals surface area contributed by atoms with Crippen LogP contribution in [0.5, 0.6) is 0 Å². The zero-order valence-corrected chi connectivity index (χ0v) is 22.2. The Morgan fingerprint density at radius 3 is 2.23 bits per heavy atom. The molecule has 1 unspecified atom stereocenters. The van der Waals surface area contributed by atoms with Crippen molar-refractivity contribution in [3.63, 3.8) is 0 Å². The van der Waals surface area contributed by atoms with Gasteiger partial charge in [0.1, 0.15) is 0 Å². The first-order valence-electron chi connectivity index (χ1n) is 13.1. The van der Waals surface area contributed by atoms with Gasteiger partial charge in [-0.1, -0.05) is 54.1 Å². The smallest absolute Gasteiger partial charge is 0.338 e. The summed E-state index contributed by atoms with van der Waals surface area (Å²) in [6, 6.07) is 22.6. The lowest BCUT2D eigenvalue weighted by atomic mass is 9.89. The number of Topliss-reactive ketones (excluding diaryl/α,β-unsaturated/α-hetero) is 1. The van der Waals surface area contributed by atoms with Gasteiger partial charge in [0.05, 0.1) is 28.7 Å². The molecule has 2 aliphatic rings. The third kappa shape index (κ3) is 6.10. The number of ketones is 1. The van der Waals surface area contributed by atoms with E-state index >= 15 is 0 Å². The van der Waals surface area contributed by atoms with Crippen molar-refractivity contribution in [2.24, 2.45) is 5.92 Å². The van der Waals surface area contributed by atoms with E-state index in [1.165, 1.54) is 22.6 Å². The Morgan fingerprint density at radius 1 is 0.872 bits per heavy atom. The molecule has 2 heterocycles. The Bertz CT molecular complexity index is 1370. The molecular weight excluding hydrogens is 516 g/mol. The Kier molecular flexibility index (Phi) is 8.19. The highest BCUT2D eigenvalue weighted by Gasteiger charge is 2.43. The van der Waals surface area contributed by atoms with E-state index in [4.69, 9.17) is 16.3 Å². The van der Waals surface area contributed by atoms with E-state index in [0.717, 1.165) is 32.4 Å². The van der Waals surface area contributed by atoms with Crippen molar-refractivity contribution in [2.75, 3.05) is 24.6 Å². The van der Waals surface area contributed by atoms with E-state index in [1.54, 1.807) is 36.4 Å². The second kappa shape index (κ2) is 11.9. The molecule has 0 bridgehead atoms. The van der Waals surface area contributed by atoms with Crippen LogP contribution in [0.2, 0.25) is 5.02 Å². The summed E-state index contributed by atoms with van der Waals surface area (Å²) in [4.78, 5) is 54.2. The van der Waals surface area contributed by atoms with Gasteiger partial charge in [-0.2, -0.15) is 0 Å². The normalized spacial score (nSPS) is 18.4. The number of hydrogen-bond donors (Lipinski definition) is 0. The SMILES string of the molecule is O=C(OCC(=O)c1ccccc1Cl)c1ccc(N2C(=O)CC(N3CCC(Cc4ccccc4)CC3)C2=O)cc1. The van der Waals surface area contributed by atoms with Crippen LogP contribution in [0.15, 0.2) is 78.9 Å². The number of esters is 1. The van der Waals surface area contributed by atoms with E-state index in [9.17, 15) is 19.2 Å². The van der Waals surface area contributed by atoms with Gasteiger partial charge in [-0.25, -0.2) is 9.69 Å². The molecule has 2 fully saturated rings. The first-order valence-corrected chi connectivity index (χ1v) is 13.5. The number of piperidine rings is 1. The summed E-state index contributed by atoms with van der Waals surface area (Å²) in [6.45, 7) is 1.12. The van der Waals surface area contributed by atoms with Crippen LogP contribution < -0.4 is 4.90 Å². The zero-order chi connectivity index (χ0) is 27.4. The Labute approximate surface area is 232 Å². The van der Waals surface area contributed by atoms with Gasteiger partial charge in [-0.15, -0.1) is 0 Å². The molecule has 5 rings (SSSR count). The molecule has 2 aliphatic heterocycles. The van der Waals surface area contributed by atoms with Gasteiger partial charge >= 0.3 is 5.97 Å². The van der Waals surface area contributed by atoms with Gasteiger partial charge in [-0.3, -0.25) is 19.3 Å². The van der Waals surface area contributed by atoms with Gasteiger partial charge < -0.3 is 4.74 Å². The molecule has 0 spiro atoms. The van der Waals surface area contributed by atoms with Crippen LogP contribution in [0.3, 0.4) is 0 Å². The molecule has 0 aliphatic carbocycles. The second-order valence-corrected chi connectivity index (χ2v) is 10.4. The van der Waals surface area contributed by atoms with Crippen molar-refractivity contribution < 1.29 is 23.9 Å². The van der Waals surface area contributed by atoms with Crippen LogP contribution in [0, 0.1) is 5.92 Å². The zero-order valence-electron chi connectivity index (χ0n) is 21.4. The molecule has 8 heteroatoms. The Hall–Kier alpha value is -3.81. The number of amides is 2. The average Bonchev–Trinajstić information content (AvgIpc) is 3.26. The highest BCUT2D eigenvalue weighted by Crippen LogP contribution is 2.30. The number of carbonyl (C=O) groups is 4. The van der Waals surface area contributed by atoms with Gasteiger partial charge in [0.2, 0.25) is 11.7 Å². The lowest BCUT2D eigenvalue weighted by Crippen LogP contribution is -2.46. The number of rotatable bonds is 8. The fraction of sp³-hybridized carbons (Fsp3) is 0.290. The largest absolute Gasteiger partial charge is 0.454 e. The maximum atomic E-state index is 13.3. The quantitative estimate of drug-likeness (QED) is 0.226. The average molecular weight is 545 g/mol. The molecule has 3 aromatic carbocycles. The summed E-state index contributed by atoms with van der Waals surface area (Å²) in [5, 5.41) is 0.290. The number of benzene rings is 3. The highest BCUT2D eigenvalue weighted by molar-refractivity contribution is 6.34.